The molecule has 0 aliphatic carbocycles. The van der Waals surface area contributed by atoms with Crippen molar-refractivity contribution in [2.75, 3.05) is 19.6 Å². The van der Waals surface area contributed by atoms with E-state index in [4.69, 9.17) is 0 Å². The normalized spacial score (nSPS) is 16.2. The Morgan fingerprint density at radius 2 is 2.15 bits per heavy atom. The topological polar surface area (TPSA) is 50.2 Å². The molecule has 138 valence electrons. The van der Waals surface area contributed by atoms with Crippen LogP contribution in [0.4, 0.5) is 0 Å². The van der Waals surface area contributed by atoms with E-state index in [1.807, 2.05) is 24.1 Å². The lowest BCUT2D eigenvalue weighted by atomic mass is 10.00. The summed E-state index contributed by atoms with van der Waals surface area (Å²) in [5, 5.41) is 7.38. The van der Waals surface area contributed by atoms with Crippen molar-refractivity contribution in [3.63, 3.8) is 0 Å². The highest BCUT2D eigenvalue weighted by Gasteiger charge is 2.18. The molecule has 2 heterocycles. The maximum atomic E-state index is 12.5. The minimum atomic E-state index is 0.0219. The predicted molar refractivity (Wildman–Crippen MR) is 105 cm³/mol. The fourth-order valence-electron chi connectivity index (χ4n) is 3.50. The second-order valence-corrected chi connectivity index (χ2v) is 7.27. The minimum absolute atomic E-state index is 0.0219. The smallest absolute Gasteiger partial charge is 0.234 e. The summed E-state index contributed by atoms with van der Waals surface area (Å²) in [5.74, 6) is 0.0802. The SMILES string of the molecule is Cc1ccc(C)c(C(C)NC(=O)CN2CC=C(c3cnn(C)c3)CC2)c1. The van der Waals surface area contributed by atoms with E-state index < -0.39 is 0 Å². The molecule has 1 atom stereocenters. The Balaban J connectivity index is 1.54. The molecule has 0 radical (unpaired) electrons. The van der Waals surface area contributed by atoms with Gasteiger partial charge in [0.25, 0.3) is 0 Å². The number of hydrogen-bond acceptors (Lipinski definition) is 3. The van der Waals surface area contributed by atoms with Crippen LogP contribution in [0.5, 0.6) is 0 Å². The van der Waals surface area contributed by atoms with E-state index in [0.717, 1.165) is 19.5 Å². The highest BCUT2D eigenvalue weighted by atomic mass is 16.2. The van der Waals surface area contributed by atoms with Gasteiger partial charge >= 0.3 is 0 Å². The molecule has 1 aromatic heterocycles. The standard InChI is InChI=1S/C21H28N4O/c1-15-5-6-16(2)20(11-15)17(3)23-21(26)14-25-9-7-18(8-10-25)19-12-22-24(4)13-19/h5-7,11-13,17H,8-10,14H2,1-4H3,(H,23,26). The monoisotopic (exact) mass is 352 g/mol. The number of aryl methyl sites for hydroxylation is 3. The van der Waals surface area contributed by atoms with Gasteiger partial charge in [-0.25, -0.2) is 0 Å². The highest BCUT2D eigenvalue weighted by Crippen LogP contribution is 2.22. The first kappa shape index (κ1) is 18.4. The lowest BCUT2D eigenvalue weighted by Crippen LogP contribution is -2.40. The Morgan fingerprint density at radius 3 is 2.81 bits per heavy atom. The number of nitrogens with one attached hydrogen (secondary N) is 1. The van der Waals surface area contributed by atoms with Crippen LogP contribution in [0.2, 0.25) is 0 Å². The summed E-state index contributed by atoms with van der Waals surface area (Å²) in [7, 11) is 1.93. The van der Waals surface area contributed by atoms with Crippen LogP contribution >= 0.6 is 0 Å². The third kappa shape index (κ3) is 4.41. The molecular weight excluding hydrogens is 324 g/mol. The first-order chi connectivity index (χ1) is 12.4. The van der Waals surface area contributed by atoms with Gasteiger partial charge in [0.05, 0.1) is 18.8 Å². The largest absolute Gasteiger partial charge is 0.348 e. The number of nitrogens with zero attached hydrogens (tertiary/aromatic N) is 3. The van der Waals surface area contributed by atoms with Crippen LogP contribution in [0.15, 0.2) is 36.7 Å². The van der Waals surface area contributed by atoms with Crippen LogP contribution < -0.4 is 5.32 Å². The summed E-state index contributed by atoms with van der Waals surface area (Å²) >= 11 is 0. The van der Waals surface area contributed by atoms with Crippen molar-refractivity contribution >= 4 is 11.5 Å². The van der Waals surface area contributed by atoms with Gasteiger partial charge in [0.15, 0.2) is 0 Å². The van der Waals surface area contributed by atoms with Crippen LogP contribution in [-0.4, -0.2) is 40.2 Å². The first-order valence-corrected chi connectivity index (χ1v) is 9.19. The Morgan fingerprint density at radius 1 is 1.35 bits per heavy atom. The third-order valence-corrected chi connectivity index (χ3v) is 5.01. The number of benzene rings is 1. The molecule has 2 aromatic rings. The van der Waals surface area contributed by atoms with Gasteiger partial charge < -0.3 is 5.32 Å². The molecule has 1 aliphatic rings. The summed E-state index contributed by atoms with van der Waals surface area (Å²) in [5.41, 5.74) is 6.12. The van der Waals surface area contributed by atoms with Crippen molar-refractivity contribution in [1.29, 1.82) is 0 Å². The van der Waals surface area contributed by atoms with Crippen LogP contribution in [0, 0.1) is 13.8 Å². The van der Waals surface area contributed by atoms with Gasteiger partial charge in [-0.3, -0.25) is 14.4 Å². The van der Waals surface area contributed by atoms with Gasteiger partial charge in [0, 0.05) is 31.9 Å². The molecule has 0 saturated carbocycles. The lowest BCUT2D eigenvalue weighted by molar-refractivity contribution is -0.122. The molecule has 1 unspecified atom stereocenters. The van der Waals surface area contributed by atoms with Gasteiger partial charge in [-0.2, -0.15) is 5.10 Å². The Hall–Kier alpha value is -2.40. The summed E-state index contributed by atoms with van der Waals surface area (Å²) in [4.78, 5) is 14.6. The number of carbonyl (C=O) groups excluding carboxylic acids is 1. The van der Waals surface area contributed by atoms with Crippen molar-refractivity contribution in [3.05, 3.63) is 58.9 Å². The van der Waals surface area contributed by atoms with Crippen LogP contribution in [0.25, 0.3) is 5.57 Å². The van der Waals surface area contributed by atoms with E-state index in [1.54, 1.807) is 0 Å². The maximum Gasteiger partial charge on any atom is 0.234 e. The molecule has 26 heavy (non-hydrogen) atoms. The zero-order valence-electron chi connectivity index (χ0n) is 16.1. The molecule has 3 rings (SSSR count). The van der Waals surface area contributed by atoms with Crippen molar-refractivity contribution in [2.24, 2.45) is 7.05 Å². The van der Waals surface area contributed by atoms with E-state index in [9.17, 15) is 4.79 Å². The van der Waals surface area contributed by atoms with Crippen molar-refractivity contribution < 1.29 is 4.79 Å². The zero-order valence-corrected chi connectivity index (χ0v) is 16.1. The van der Waals surface area contributed by atoms with E-state index >= 15 is 0 Å². The van der Waals surface area contributed by atoms with Crippen LogP contribution in [0.3, 0.4) is 0 Å². The molecule has 1 aliphatic heterocycles. The van der Waals surface area contributed by atoms with Gasteiger partial charge in [-0.1, -0.05) is 29.8 Å². The second kappa shape index (κ2) is 7.87. The summed E-state index contributed by atoms with van der Waals surface area (Å²) in [6, 6.07) is 6.40. The molecule has 1 N–H and O–H groups in total. The molecular formula is C21H28N4O. The first-order valence-electron chi connectivity index (χ1n) is 9.19. The van der Waals surface area contributed by atoms with Crippen molar-refractivity contribution in [2.45, 2.75) is 33.2 Å². The van der Waals surface area contributed by atoms with Gasteiger partial charge in [0.1, 0.15) is 0 Å². The molecule has 0 bridgehead atoms. The Bertz CT molecular complexity index is 821. The number of rotatable bonds is 5. The predicted octanol–water partition coefficient (Wildman–Crippen LogP) is 3.00. The average Bonchev–Trinajstić information content (AvgIpc) is 3.04. The molecule has 0 fully saturated rings. The van der Waals surface area contributed by atoms with E-state index in [0.29, 0.717) is 6.54 Å². The average molecular weight is 352 g/mol. The summed E-state index contributed by atoms with van der Waals surface area (Å²) < 4.78 is 1.82. The number of aromatic nitrogens is 2. The molecule has 5 nitrogen and oxygen atoms in total. The molecule has 0 spiro atoms. The molecule has 0 saturated heterocycles. The van der Waals surface area contributed by atoms with Crippen LogP contribution in [0.1, 0.15) is 41.6 Å². The quantitative estimate of drug-likeness (QED) is 0.900. The van der Waals surface area contributed by atoms with Crippen molar-refractivity contribution in [3.8, 4) is 0 Å². The Kier molecular flexibility index (Phi) is 5.57. The van der Waals surface area contributed by atoms with E-state index in [2.05, 4.69) is 60.4 Å². The molecule has 5 heteroatoms. The number of carbonyl (C=O) groups is 1. The number of hydrogen-bond donors (Lipinski definition) is 1. The third-order valence-electron chi connectivity index (χ3n) is 5.01. The van der Waals surface area contributed by atoms with E-state index in [1.165, 1.54) is 27.8 Å². The zero-order chi connectivity index (χ0) is 18.7. The summed E-state index contributed by atoms with van der Waals surface area (Å²) in [6.45, 7) is 8.36. The highest BCUT2D eigenvalue weighted by molar-refractivity contribution is 5.78. The Labute approximate surface area is 155 Å². The van der Waals surface area contributed by atoms with Gasteiger partial charge in [-0.15, -0.1) is 0 Å². The van der Waals surface area contributed by atoms with E-state index in [-0.39, 0.29) is 11.9 Å². The molecule has 1 amide bonds. The molecule has 1 aromatic carbocycles. The fraction of sp³-hybridized carbons (Fsp3) is 0.429. The van der Waals surface area contributed by atoms with Gasteiger partial charge in [0.2, 0.25) is 5.91 Å². The van der Waals surface area contributed by atoms with Gasteiger partial charge in [-0.05, 0) is 43.9 Å². The minimum Gasteiger partial charge on any atom is -0.348 e. The lowest BCUT2D eigenvalue weighted by Gasteiger charge is -2.26. The summed E-state index contributed by atoms with van der Waals surface area (Å²) in [6.07, 6.45) is 7.10. The maximum absolute atomic E-state index is 12.5. The number of amides is 1. The van der Waals surface area contributed by atoms with Crippen LogP contribution in [-0.2, 0) is 11.8 Å². The second-order valence-electron chi connectivity index (χ2n) is 7.27. The fourth-order valence-corrected chi connectivity index (χ4v) is 3.50. The van der Waals surface area contributed by atoms with Crippen molar-refractivity contribution in [1.82, 2.24) is 20.0 Å².